The maximum atomic E-state index is 9.14. The molecule has 1 N–H and O–H groups in total. The van der Waals surface area contributed by atoms with E-state index in [-0.39, 0.29) is 0 Å². The van der Waals surface area contributed by atoms with E-state index < -0.39 is 0 Å². The second-order valence-electron chi connectivity index (χ2n) is 4.13. The average Bonchev–Trinajstić information content (AvgIpc) is 2.58. The molecule has 0 aliphatic rings. The summed E-state index contributed by atoms with van der Waals surface area (Å²) in [5.41, 5.74) is 3.40. The number of halogens is 1. The molecule has 4 nitrogen and oxygen atoms in total. The Hall–Kier alpha value is -1.80. The minimum absolute atomic E-state index is 0.578. The summed E-state index contributed by atoms with van der Waals surface area (Å²) in [5.74, 6) is 0.714. The third-order valence-electron chi connectivity index (χ3n) is 2.77. The number of hydrogen-bond donors (Lipinski definition) is 1. The highest BCUT2D eigenvalue weighted by molar-refractivity contribution is 9.10. The molecule has 18 heavy (non-hydrogen) atoms. The minimum Gasteiger partial charge on any atom is -0.339 e. The topological polar surface area (TPSA) is 53.6 Å². The third-order valence-corrected chi connectivity index (χ3v) is 3.62. The molecule has 0 unspecified atom stereocenters. The zero-order valence-corrected chi connectivity index (χ0v) is 12.0. The lowest BCUT2D eigenvalue weighted by Gasteiger charge is -2.08. The van der Waals surface area contributed by atoms with Crippen LogP contribution in [-0.4, -0.2) is 9.78 Å². The van der Waals surface area contributed by atoms with E-state index in [2.05, 4.69) is 32.4 Å². The SMILES string of the molecule is Cc1ccc(Nc2c(C#N)c(C)nn2C)cc1Br. The van der Waals surface area contributed by atoms with Gasteiger partial charge in [-0.15, -0.1) is 0 Å². The van der Waals surface area contributed by atoms with Crippen molar-refractivity contribution >= 4 is 27.4 Å². The lowest BCUT2D eigenvalue weighted by molar-refractivity contribution is 0.765. The molecule has 0 spiro atoms. The summed E-state index contributed by atoms with van der Waals surface area (Å²) < 4.78 is 2.71. The van der Waals surface area contributed by atoms with Crippen molar-refractivity contribution in [3.63, 3.8) is 0 Å². The highest BCUT2D eigenvalue weighted by Gasteiger charge is 2.12. The summed E-state index contributed by atoms with van der Waals surface area (Å²) in [5, 5.41) is 16.6. The molecule has 0 bridgehead atoms. The van der Waals surface area contributed by atoms with Crippen LogP contribution in [0.25, 0.3) is 0 Å². The van der Waals surface area contributed by atoms with Gasteiger partial charge in [0.15, 0.2) is 0 Å². The van der Waals surface area contributed by atoms with Gasteiger partial charge in [-0.25, -0.2) is 0 Å². The minimum atomic E-state index is 0.578. The monoisotopic (exact) mass is 304 g/mol. The Morgan fingerprint density at radius 2 is 2.11 bits per heavy atom. The summed E-state index contributed by atoms with van der Waals surface area (Å²) >= 11 is 3.49. The number of nitriles is 1. The molecule has 0 atom stereocenters. The van der Waals surface area contributed by atoms with Gasteiger partial charge in [-0.1, -0.05) is 22.0 Å². The van der Waals surface area contributed by atoms with Crippen molar-refractivity contribution in [1.29, 1.82) is 5.26 Å². The smallest absolute Gasteiger partial charge is 0.146 e. The van der Waals surface area contributed by atoms with Crippen LogP contribution in [0.2, 0.25) is 0 Å². The lowest BCUT2D eigenvalue weighted by Crippen LogP contribution is -2.00. The fourth-order valence-electron chi connectivity index (χ4n) is 1.74. The zero-order valence-electron chi connectivity index (χ0n) is 10.5. The molecule has 0 aliphatic carbocycles. The first kappa shape index (κ1) is 12.7. The molecule has 1 heterocycles. The number of aromatic nitrogens is 2. The molecular formula is C13H13BrN4. The predicted molar refractivity (Wildman–Crippen MR) is 74.8 cm³/mol. The molecule has 2 aromatic rings. The van der Waals surface area contributed by atoms with Crippen molar-refractivity contribution in [3.8, 4) is 6.07 Å². The van der Waals surface area contributed by atoms with Gasteiger partial charge in [-0.05, 0) is 31.5 Å². The van der Waals surface area contributed by atoms with E-state index in [0.29, 0.717) is 11.4 Å². The normalized spacial score (nSPS) is 10.2. The Kier molecular flexibility index (Phi) is 3.39. The van der Waals surface area contributed by atoms with Crippen molar-refractivity contribution in [1.82, 2.24) is 9.78 Å². The molecule has 0 saturated carbocycles. The Balaban J connectivity index is 2.40. The summed E-state index contributed by atoms with van der Waals surface area (Å²) in [7, 11) is 1.82. The number of nitrogens with one attached hydrogen (secondary N) is 1. The van der Waals surface area contributed by atoms with Crippen LogP contribution in [0.4, 0.5) is 11.5 Å². The molecule has 1 aromatic heterocycles. The first-order valence-corrected chi connectivity index (χ1v) is 6.29. The van der Waals surface area contributed by atoms with Gasteiger partial charge in [0, 0.05) is 17.2 Å². The van der Waals surface area contributed by atoms with Crippen LogP contribution in [0.5, 0.6) is 0 Å². The zero-order chi connectivity index (χ0) is 13.3. The molecule has 0 saturated heterocycles. The van der Waals surface area contributed by atoms with Crippen LogP contribution < -0.4 is 5.32 Å². The summed E-state index contributed by atoms with van der Waals surface area (Å²) in [6.45, 7) is 3.86. The number of hydrogen-bond acceptors (Lipinski definition) is 3. The number of anilines is 2. The highest BCUT2D eigenvalue weighted by Crippen LogP contribution is 2.26. The fourth-order valence-corrected chi connectivity index (χ4v) is 2.12. The molecule has 1 aromatic carbocycles. The van der Waals surface area contributed by atoms with Crippen molar-refractivity contribution in [2.45, 2.75) is 13.8 Å². The molecular weight excluding hydrogens is 292 g/mol. The average molecular weight is 305 g/mol. The van der Waals surface area contributed by atoms with Crippen molar-refractivity contribution in [2.24, 2.45) is 7.05 Å². The van der Waals surface area contributed by atoms with E-state index in [0.717, 1.165) is 15.9 Å². The lowest BCUT2D eigenvalue weighted by atomic mass is 10.2. The predicted octanol–water partition coefficient (Wildman–Crippen LogP) is 3.41. The van der Waals surface area contributed by atoms with Gasteiger partial charge in [-0.2, -0.15) is 10.4 Å². The van der Waals surface area contributed by atoms with Crippen molar-refractivity contribution in [2.75, 3.05) is 5.32 Å². The molecule has 0 radical (unpaired) electrons. The Labute approximate surface area is 114 Å². The number of aryl methyl sites for hydroxylation is 3. The standard InChI is InChI=1S/C13H13BrN4/c1-8-4-5-10(6-12(8)14)16-13-11(7-15)9(2)17-18(13)3/h4-6,16H,1-3H3. The second-order valence-corrected chi connectivity index (χ2v) is 4.99. The van der Waals surface area contributed by atoms with Crippen LogP contribution in [-0.2, 0) is 7.05 Å². The van der Waals surface area contributed by atoms with Crippen LogP contribution in [0.1, 0.15) is 16.8 Å². The number of benzene rings is 1. The first-order valence-electron chi connectivity index (χ1n) is 5.50. The van der Waals surface area contributed by atoms with Crippen LogP contribution in [0.3, 0.4) is 0 Å². The van der Waals surface area contributed by atoms with E-state index in [1.807, 2.05) is 39.1 Å². The quantitative estimate of drug-likeness (QED) is 0.925. The van der Waals surface area contributed by atoms with Crippen LogP contribution in [0.15, 0.2) is 22.7 Å². The molecule has 92 valence electrons. The second kappa shape index (κ2) is 4.83. The molecule has 0 amide bonds. The maximum absolute atomic E-state index is 9.14. The van der Waals surface area contributed by atoms with Gasteiger partial charge in [-0.3, -0.25) is 4.68 Å². The Morgan fingerprint density at radius 1 is 1.39 bits per heavy atom. The number of rotatable bonds is 2. The highest BCUT2D eigenvalue weighted by atomic mass is 79.9. The fraction of sp³-hybridized carbons (Fsp3) is 0.231. The van der Waals surface area contributed by atoms with Crippen molar-refractivity contribution < 1.29 is 0 Å². The summed E-state index contributed by atoms with van der Waals surface area (Å²) in [6, 6.07) is 8.15. The van der Waals surface area contributed by atoms with Gasteiger partial charge in [0.1, 0.15) is 17.5 Å². The summed E-state index contributed by atoms with van der Waals surface area (Å²) in [6.07, 6.45) is 0. The van der Waals surface area contributed by atoms with E-state index in [4.69, 9.17) is 5.26 Å². The first-order chi connectivity index (χ1) is 8.52. The van der Waals surface area contributed by atoms with Crippen LogP contribution in [0, 0.1) is 25.2 Å². The van der Waals surface area contributed by atoms with Gasteiger partial charge < -0.3 is 5.32 Å². The number of nitrogens with zero attached hydrogens (tertiary/aromatic N) is 3. The van der Waals surface area contributed by atoms with E-state index >= 15 is 0 Å². The van der Waals surface area contributed by atoms with Crippen LogP contribution >= 0.6 is 15.9 Å². The van der Waals surface area contributed by atoms with E-state index in [1.165, 1.54) is 5.56 Å². The third kappa shape index (κ3) is 2.24. The van der Waals surface area contributed by atoms with E-state index in [9.17, 15) is 0 Å². The Bertz CT molecular complexity index is 637. The Morgan fingerprint density at radius 3 is 2.72 bits per heavy atom. The molecule has 5 heteroatoms. The van der Waals surface area contributed by atoms with Crippen molar-refractivity contribution in [3.05, 3.63) is 39.5 Å². The van der Waals surface area contributed by atoms with E-state index in [1.54, 1.807) is 4.68 Å². The molecule has 0 aliphatic heterocycles. The van der Waals surface area contributed by atoms with Gasteiger partial charge in [0.25, 0.3) is 0 Å². The van der Waals surface area contributed by atoms with Gasteiger partial charge in [0.2, 0.25) is 0 Å². The largest absolute Gasteiger partial charge is 0.339 e. The molecule has 2 rings (SSSR count). The van der Waals surface area contributed by atoms with Gasteiger partial charge in [0.05, 0.1) is 5.69 Å². The summed E-state index contributed by atoms with van der Waals surface area (Å²) in [4.78, 5) is 0. The maximum Gasteiger partial charge on any atom is 0.146 e. The molecule has 0 fully saturated rings. The van der Waals surface area contributed by atoms with Gasteiger partial charge >= 0.3 is 0 Å².